The molecule has 3 amide bonds. The van der Waals surface area contributed by atoms with Crippen LogP contribution in [0.2, 0.25) is 0 Å². The van der Waals surface area contributed by atoms with Gasteiger partial charge in [-0.3, -0.25) is 19.7 Å². The molecule has 0 aliphatic heterocycles. The van der Waals surface area contributed by atoms with E-state index in [-0.39, 0.29) is 40.9 Å². The standard InChI is InChI=1S/C19H19N7O7.C5H11NO2/c1-32-15-10(18-20-8-21-33-18)3-2-4-11(15)22-12-7-13(23-16(27)9-5-6-9)25-26-14(12)17(28)24-19(29,30)31;1-4(7)3-6-5(2)8/h2-4,7-9,29-31H,5-6H2,1H3,(H,24,28)(H2,22,23,25,27);4,7H,3H2,1-2H3,(H,6,8). The molecule has 4 rings (SSSR count). The summed E-state index contributed by atoms with van der Waals surface area (Å²) in [5.41, 5.74) is 0.401. The number of amides is 3. The zero-order chi connectivity index (χ0) is 30.2. The number of aromatic nitrogens is 4. The number of carbonyl (C=O) groups excluding carboxylic acids is 3. The van der Waals surface area contributed by atoms with Gasteiger partial charge in [0.2, 0.25) is 11.8 Å². The summed E-state index contributed by atoms with van der Waals surface area (Å²) in [5.74, 6) is -1.07. The van der Waals surface area contributed by atoms with Crippen LogP contribution in [0, 0.1) is 5.92 Å². The number of nitrogens with zero attached hydrogens (tertiary/aromatic N) is 4. The van der Waals surface area contributed by atoms with E-state index in [1.807, 2.05) is 0 Å². The van der Waals surface area contributed by atoms with Gasteiger partial charge in [0.15, 0.2) is 23.6 Å². The number of aliphatic hydroxyl groups excluding tert-OH is 1. The Labute approximate surface area is 232 Å². The molecule has 3 aromatic rings. The minimum Gasteiger partial charge on any atom is -0.494 e. The Morgan fingerprint density at radius 2 is 1.90 bits per heavy atom. The molecule has 0 spiro atoms. The number of rotatable bonds is 10. The van der Waals surface area contributed by atoms with Crippen LogP contribution in [-0.2, 0) is 9.59 Å². The van der Waals surface area contributed by atoms with Crippen molar-refractivity contribution in [2.45, 2.75) is 38.9 Å². The number of para-hydroxylation sites is 1. The summed E-state index contributed by atoms with van der Waals surface area (Å²) in [5, 5.41) is 56.6. The van der Waals surface area contributed by atoms with Crippen molar-refractivity contribution in [1.29, 1.82) is 0 Å². The Balaban J connectivity index is 0.000000507. The SMILES string of the molecule is CC(=O)NCC(C)O.COc1c(Nc2cc(NC(=O)C3CC3)nnc2C(=O)NC(O)(O)O)cccc1-c1ncno1. The van der Waals surface area contributed by atoms with Gasteiger partial charge in [-0.05, 0) is 31.9 Å². The molecule has 41 heavy (non-hydrogen) atoms. The fraction of sp³-hybridized carbons (Fsp3) is 0.375. The van der Waals surface area contributed by atoms with Crippen molar-refractivity contribution in [2.75, 3.05) is 24.3 Å². The van der Waals surface area contributed by atoms with Crippen LogP contribution < -0.4 is 26.0 Å². The van der Waals surface area contributed by atoms with Gasteiger partial charge in [-0.2, -0.15) is 4.98 Å². The highest BCUT2D eigenvalue weighted by atomic mass is 16.7. The maximum absolute atomic E-state index is 12.4. The number of anilines is 3. The van der Waals surface area contributed by atoms with E-state index in [0.29, 0.717) is 17.8 Å². The molecule has 17 nitrogen and oxygen atoms in total. The van der Waals surface area contributed by atoms with Crippen LogP contribution in [0.4, 0.5) is 17.2 Å². The van der Waals surface area contributed by atoms with E-state index in [4.69, 9.17) is 29.7 Å². The van der Waals surface area contributed by atoms with Crippen molar-refractivity contribution in [1.82, 2.24) is 31.0 Å². The van der Waals surface area contributed by atoms with Crippen molar-refractivity contribution in [3.05, 3.63) is 36.3 Å². The topological polar surface area (TPSA) is 254 Å². The van der Waals surface area contributed by atoms with E-state index in [1.54, 1.807) is 30.4 Å². The minimum atomic E-state index is -3.48. The zero-order valence-corrected chi connectivity index (χ0v) is 22.3. The first kappa shape index (κ1) is 30.8. The zero-order valence-electron chi connectivity index (χ0n) is 22.3. The number of benzene rings is 1. The lowest BCUT2D eigenvalue weighted by Gasteiger charge is -2.18. The summed E-state index contributed by atoms with van der Waals surface area (Å²) < 4.78 is 10.6. The first-order valence-electron chi connectivity index (χ1n) is 12.2. The highest BCUT2D eigenvalue weighted by Crippen LogP contribution is 2.37. The van der Waals surface area contributed by atoms with Gasteiger partial charge in [-0.25, -0.2) is 0 Å². The molecular formula is C24H30N8O9. The third kappa shape index (κ3) is 9.46. The van der Waals surface area contributed by atoms with Gasteiger partial charge >= 0.3 is 6.10 Å². The lowest BCUT2D eigenvalue weighted by molar-refractivity contribution is -0.323. The maximum atomic E-state index is 12.4. The van der Waals surface area contributed by atoms with Crippen LogP contribution >= 0.6 is 0 Å². The molecule has 1 saturated carbocycles. The van der Waals surface area contributed by atoms with Gasteiger partial charge in [-0.15, -0.1) is 10.2 Å². The monoisotopic (exact) mass is 574 g/mol. The van der Waals surface area contributed by atoms with E-state index >= 15 is 0 Å². The van der Waals surface area contributed by atoms with Crippen molar-refractivity contribution in [3.8, 4) is 17.2 Å². The Bertz CT molecular complexity index is 1360. The smallest absolute Gasteiger partial charge is 0.369 e. The molecule has 0 radical (unpaired) electrons. The number of nitrogens with one attached hydrogen (secondary N) is 4. The average Bonchev–Trinajstić information content (AvgIpc) is 3.61. The number of methoxy groups -OCH3 is 1. The van der Waals surface area contributed by atoms with E-state index in [1.165, 1.54) is 26.4 Å². The van der Waals surface area contributed by atoms with Crippen LogP contribution in [0.3, 0.4) is 0 Å². The second-order valence-corrected chi connectivity index (χ2v) is 8.89. The molecule has 2 heterocycles. The summed E-state index contributed by atoms with van der Waals surface area (Å²) in [6.45, 7) is 3.38. The van der Waals surface area contributed by atoms with E-state index in [9.17, 15) is 14.4 Å². The van der Waals surface area contributed by atoms with Crippen LogP contribution in [0.1, 0.15) is 37.2 Å². The first-order chi connectivity index (χ1) is 19.4. The van der Waals surface area contributed by atoms with Gasteiger partial charge in [0, 0.05) is 25.5 Å². The summed E-state index contributed by atoms with van der Waals surface area (Å²) in [4.78, 5) is 38.7. The molecule has 0 saturated heterocycles. The largest absolute Gasteiger partial charge is 0.494 e. The Kier molecular flexibility index (Phi) is 10.2. The number of carbonyl (C=O) groups is 3. The third-order valence-electron chi connectivity index (χ3n) is 5.22. The van der Waals surface area contributed by atoms with Gasteiger partial charge in [0.25, 0.3) is 11.8 Å². The van der Waals surface area contributed by atoms with Crippen LogP contribution in [-0.4, -0.2) is 84.3 Å². The second-order valence-electron chi connectivity index (χ2n) is 8.89. The molecule has 0 bridgehead atoms. The third-order valence-corrected chi connectivity index (χ3v) is 5.22. The predicted molar refractivity (Wildman–Crippen MR) is 140 cm³/mol. The quantitative estimate of drug-likeness (QED) is 0.141. The van der Waals surface area contributed by atoms with E-state index < -0.39 is 23.8 Å². The molecule has 8 N–H and O–H groups in total. The van der Waals surface area contributed by atoms with Crippen molar-refractivity contribution >= 4 is 34.9 Å². The van der Waals surface area contributed by atoms with E-state index in [2.05, 4.69) is 36.3 Å². The average molecular weight is 575 g/mol. The van der Waals surface area contributed by atoms with Gasteiger partial charge in [0.1, 0.15) is 0 Å². The maximum Gasteiger partial charge on any atom is 0.369 e. The lowest BCUT2D eigenvalue weighted by Crippen LogP contribution is -2.48. The summed E-state index contributed by atoms with van der Waals surface area (Å²) >= 11 is 0. The van der Waals surface area contributed by atoms with Crippen LogP contribution in [0.5, 0.6) is 5.75 Å². The first-order valence-corrected chi connectivity index (χ1v) is 12.2. The molecule has 220 valence electrons. The number of hydrogen-bond donors (Lipinski definition) is 8. The molecule has 1 aliphatic rings. The molecule has 1 aromatic carbocycles. The normalized spacial score (nSPS) is 13.2. The molecule has 17 heteroatoms. The highest BCUT2D eigenvalue weighted by Gasteiger charge is 2.31. The Morgan fingerprint density at radius 3 is 2.44 bits per heavy atom. The van der Waals surface area contributed by atoms with Crippen LogP contribution in [0.15, 0.2) is 35.1 Å². The molecule has 1 fully saturated rings. The lowest BCUT2D eigenvalue weighted by atomic mass is 10.1. The summed E-state index contributed by atoms with van der Waals surface area (Å²) in [7, 11) is 1.41. The Hall–Kier alpha value is -4.71. The number of hydrogen-bond acceptors (Lipinski definition) is 14. The van der Waals surface area contributed by atoms with Gasteiger partial charge < -0.3 is 45.6 Å². The van der Waals surface area contributed by atoms with Crippen LogP contribution in [0.25, 0.3) is 11.5 Å². The highest BCUT2D eigenvalue weighted by molar-refractivity contribution is 6.00. The minimum absolute atomic E-state index is 0.0128. The summed E-state index contributed by atoms with van der Waals surface area (Å²) in [6.07, 6.45) is -1.15. The van der Waals surface area contributed by atoms with Gasteiger partial charge in [-0.1, -0.05) is 11.2 Å². The summed E-state index contributed by atoms with van der Waals surface area (Å²) in [6, 6.07) is 6.29. The molecule has 1 unspecified atom stereocenters. The van der Waals surface area contributed by atoms with Crippen molar-refractivity contribution in [3.63, 3.8) is 0 Å². The fourth-order valence-corrected chi connectivity index (χ4v) is 3.25. The van der Waals surface area contributed by atoms with E-state index in [0.717, 1.165) is 12.8 Å². The predicted octanol–water partition coefficient (Wildman–Crippen LogP) is -0.551. The van der Waals surface area contributed by atoms with Gasteiger partial charge in [0.05, 0.1) is 30.2 Å². The van der Waals surface area contributed by atoms with Crippen molar-refractivity contribution < 1.29 is 44.1 Å². The van der Waals surface area contributed by atoms with Crippen molar-refractivity contribution in [2.24, 2.45) is 5.92 Å². The number of aliphatic hydroxyl groups is 4. The second kappa shape index (κ2) is 13.6. The number of ether oxygens (including phenoxy) is 1. The molecule has 2 aromatic heterocycles. The fourth-order valence-electron chi connectivity index (χ4n) is 3.25. The Morgan fingerprint density at radius 1 is 1.17 bits per heavy atom. The molecule has 1 atom stereocenters. The molecular weight excluding hydrogens is 544 g/mol. The molecule has 1 aliphatic carbocycles.